The van der Waals surface area contributed by atoms with E-state index in [-0.39, 0.29) is 5.60 Å². The van der Waals surface area contributed by atoms with Crippen LogP contribution in [0, 0.1) is 11.8 Å². The number of piperazine rings is 1. The topological polar surface area (TPSA) is 36.0 Å². The highest BCUT2D eigenvalue weighted by Gasteiger charge is 2.43. The summed E-state index contributed by atoms with van der Waals surface area (Å²) in [6.45, 7) is 13.4. The zero-order valence-corrected chi connectivity index (χ0v) is 17.5. The molecule has 3 saturated heterocycles. The second-order valence-corrected chi connectivity index (χ2v) is 9.86. The molecule has 154 valence electrons. The molecule has 3 heterocycles. The van der Waals surface area contributed by atoms with Crippen LogP contribution in [0.5, 0.6) is 0 Å². The van der Waals surface area contributed by atoms with Gasteiger partial charge >= 0.3 is 0 Å². The van der Waals surface area contributed by atoms with Gasteiger partial charge in [-0.1, -0.05) is 20.3 Å². The summed E-state index contributed by atoms with van der Waals surface area (Å²) < 4.78 is 6.36. The van der Waals surface area contributed by atoms with Crippen LogP contribution in [0.25, 0.3) is 0 Å². The van der Waals surface area contributed by atoms with Crippen molar-refractivity contribution in [3.63, 3.8) is 0 Å². The van der Waals surface area contributed by atoms with Crippen LogP contribution in [0.3, 0.4) is 0 Å². The Kier molecular flexibility index (Phi) is 6.10. The number of hydrogen-bond donors (Lipinski definition) is 0. The molecule has 27 heavy (non-hydrogen) atoms. The smallest absolute Gasteiger partial charge is 0.225 e. The maximum Gasteiger partial charge on any atom is 0.225 e. The predicted octanol–water partition coefficient (Wildman–Crippen LogP) is 2.60. The third-order valence-corrected chi connectivity index (χ3v) is 7.45. The van der Waals surface area contributed by atoms with Crippen molar-refractivity contribution in [2.75, 3.05) is 52.4 Å². The molecule has 0 bridgehead atoms. The molecule has 1 saturated carbocycles. The van der Waals surface area contributed by atoms with Gasteiger partial charge in [0.1, 0.15) is 0 Å². The Morgan fingerprint density at radius 1 is 1.04 bits per heavy atom. The Labute approximate surface area is 165 Å². The Bertz CT molecular complexity index is 504. The van der Waals surface area contributed by atoms with E-state index in [1.54, 1.807) is 0 Å². The van der Waals surface area contributed by atoms with Crippen molar-refractivity contribution in [2.45, 2.75) is 70.4 Å². The van der Waals surface area contributed by atoms with E-state index in [1.165, 1.54) is 52.0 Å². The molecular weight excluding hydrogens is 338 g/mol. The number of hydrogen-bond acceptors (Lipinski definition) is 4. The number of amides is 1. The van der Waals surface area contributed by atoms with E-state index in [9.17, 15) is 4.79 Å². The van der Waals surface area contributed by atoms with Crippen molar-refractivity contribution in [3.05, 3.63) is 0 Å². The van der Waals surface area contributed by atoms with Gasteiger partial charge in [0.05, 0.1) is 5.60 Å². The summed E-state index contributed by atoms with van der Waals surface area (Å²) in [5.41, 5.74) is 0.0361. The molecule has 0 N–H and O–H groups in total. The highest BCUT2D eigenvalue weighted by atomic mass is 16.5. The first-order chi connectivity index (χ1) is 13.0. The fraction of sp³-hybridized carbons (Fsp3) is 0.955. The summed E-state index contributed by atoms with van der Waals surface area (Å²) in [5.74, 6) is 1.52. The fourth-order valence-corrected chi connectivity index (χ4v) is 5.54. The molecule has 0 radical (unpaired) electrons. The minimum absolute atomic E-state index is 0.0361. The van der Waals surface area contributed by atoms with E-state index in [4.69, 9.17) is 4.74 Å². The van der Waals surface area contributed by atoms with E-state index in [2.05, 4.69) is 28.5 Å². The van der Waals surface area contributed by atoms with Crippen molar-refractivity contribution in [2.24, 2.45) is 11.8 Å². The standard InChI is InChI=1S/C22H39N3O2/c1-18(2)17-23-11-13-24(14-12-23)20-6-15-27-22(16-20)7-9-25(10-8-22)21(26)19-4-3-5-19/h18-20H,3-17H2,1-2H3/t20-/m0/s1. The lowest BCUT2D eigenvalue weighted by Crippen LogP contribution is -2.58. The van der Waals surface area contributed by atoms with Gasteiger partial charge in [-0.15, -0.1) is 0 Å². The van der Waals surface area contributed by atoms with Crippen LogP contribution >= 0.6 is 0 Å². The molecule has 4 rings (SSSR count). The van der Waals surface area contributed by atoms with Crippen LogP contribution in [0.1, 0.15) is 58.8 Å². The second-order valence-electron chi connectivity index (χ2n) is 9.86. The van der Waals surface area contributed by atoms with Crippen LogP contribution in [-0.2, 0) is 9.53 Å². The molecule has 1 atom stereocenters. The predicted molar refractivity (Wildman–Crippen MR) is 108 cm³/mol. The van der Waals surface area contributed by atoms with Gasteiger partial charge in [-0.2, -0.15) is 0 Å². The number of nitrogens with zero attached hydrogens (tertiary/aromatic N) is 3. The van der Waals surface area contributed by atoms with E-state index in [1.807, 2.05) is 0 Å². The van der Waals surface area contributed by atoms with E-state index in [0.29, 0.717) is 17.9 Å². The lowest BCUT2D eigenvalue weighted by Gasteiger charge is -2.50. The van der Waals surface area contributed by atoms with Crippen molar-refractivity contribution in [1.82, 2.24) is 14.7 Å². The van der Waals surface area contributed by atoms with Crippen LogP contribution in [-0.4, -0.2) is 84.7 Å². The molecular formula is C22H39N3O2. The maximum atomic E-state index is 12.5. The highest BCUT2D eigenvalue weighted by molar-refractivity contribution is 5.79. The minimum atomic E-state index is 0.0361. The number of likely N-dealkylation sites (tertiary alicyclic amines) is 1. The third-order valence-electron chi connectivity index (χ3n) is 7.45. The molecule has 4 fully saturated rings. The SMILES string of the molecule is CC(C)CN1CCN([C@H]2CCOC3(CCN(C(=O)C4CCC4)CC3)C2)CC1. The third kappa shape index (κ3) is 4.51. The number of rotatable bonds is 4. The molecule has 1 aliphatic carbocycles. The van der Waals surface area contributed by atoms with Crippen molar-refractivity contribution < 1.29 is 9.53 Å². The van der Waals surface area contributed by atoms with Crippen LogP contribution < -0.4 is 0 Å². The average molecular weight is 378 g/mol. The molecule has 0 unspecified atom stereocenters. The van der Waals surface area contributed by atoms with E-state index < -0.39 is 0 Å². The monoisotopic (exact) mass is 377 g/mol. The molecule has 0 aromatic heterocycles. The molecule has 3 aliphatic heterocycles. The van der Waals surface area contributed by atoms with Crippen LogP contribution in [0.2, 0.25) is 0 Å². The lowest BCUT2D eigenvalue weighted by atomic mass is 9.80. The first kappa shape index (κ1) is 19.7. The lowest BCUT2D eigenvalue weighted by molar-refractivity contribution is -0.154. The molecule has 1 spiro atoms. The largest absolute Gasteiger partial charge is 0.375 e. The molecule has 0 aromatic rings. The number of piperidine rings is 1. The van der Waals surface area contributed by atoms with Gasteiger partial charge in [-0.05, 0) is 44.4 Å². The highest BCUT2D eigenvalue weighted by Crippen LogP contribution is 2.38. The molecule has 0 aromatic carbocycles. The van der Waals surface area contributed by atoms with Gasteiger partial charge in [0, 0.05) is 64.4 Å². The zero-order valence-electron chi connectivity index (χ0n) is 17.5. The summed E-state index contributed by atoms with van der Waals surface area (Å²) in [6, 6.07) is 0.675. The quantitative estimate of drug-likeness (QED) is 0.755. The van der Waals surface area contributed by atoms with Gasteiger partial charge in [0.15, 0.2) is 0 Å². The molecule has 4 aliphatic rings. The molecule has 5 heteroatoms. The fourth-order valence-electron chi connectivity index (χ4n) is 5.54. The Hall–Kier alpha value is -0.650. The normalized spacial score (nSPS) is 30.6. The summed E-state index contributed by atoms with van der Waals surface area (Å²) in [6.07, 6.45) is 7.89. The van der Waals surface area contributed by atoms with Gasteiger partial charge in [0.2, 0.25) is 5.91 Å². The number of carbonyl (C=O) groups is 1. The van der Waals surface area contributed by atoms with Gasteiger partial charge < -0.3 is 14.5 Å². The minimum Gasteiger partial charge on any atom is -0.375 e. The Morgan fingerprint density at radius 2 is 1.74 bits per heavy atom. The first-order valence-electron chi connectivity index (χ1n) is 11.4. The van der Waals surface area contributed by atoms with Gasteiger partial charge in [-0.25, -0.2) is 0 Å². The van der Waals surface area contributed by atoms with Crippen molar-refractivity contribution >= 4 is 5.91 Å². The summed E-state index contributed by atoms with van der Waals surface area (Å²) in [5, 5.41) is 0. The molecule has 1 amide bonds. The maximum absolute atomic E-state index is 12.5. The summed E-state index contributed by atoms with van der Waals surface area (Å²) >= 11 is 0. The zero-order chi connectivity index (χ0) is 18.9. The van der Waals surface area contributed by atoms with Crippen LogP contribution in [0.4, 0.5) is 0 Å². The Balaban J connectivity index is 1.27. The van der Waals surface area contributed by atoms with E-state index in [0.717, 1.165) is 51.3 Å². The average Bonchev–Trinajstić information content (AvgIpc) is 2.61. The van der Waals surface area contributed by atoms with Gasteiger partial charge in [0.25, 0.3) is 0 Å². The summed E-state index contributed by atoms with van der Waals surface area (Å²) in [7, 11) is 0. The number of carbonyl (C=O) groups excluding carboxylic acids is 1. The first-order valence-corrected chi connectivity index (χ1v) is 11.4. The van der Waals surface area contributed by atoms with Crippen molar-refractivity contribution in [3.8, 4) is 0 Å². The van der Waals surface area contributed by atoms with Gasteiger partial charge in [-0.3, -0.25) is 9.69 Å². The van der Waals surface area contributed by atoms with E-state index >= 15 is 0 Å². The number of ether oxygens (including phenoxy) is 1. The summed E-state index contributed by atoms with van der Waals surface area (Å²) in [4.78, 5) is 20.0. The van der Waals surface area contributed by atoms with Crippen molar-refractivity contribution in [1.29, 1.82) is 0 Å². The Morgan fingerprint density at radius 3 is 2.33 bits per heavy atom. The molecule has 5 nitrogen and oxygen atoms in total. The second kappa shape index (κ2) is 8.38. The van der Waals surface area contributed by atoms with Crippen LogP contribution in [0.15, 0.2) is 0 Å².